The minimum absolute atomic E-state index is 0.262. The lowest BCUT2D eigenvalue weighted by atomic mass is 10.2. The number of rotatable bonds is 3. The zero-order chi connectivity index (χ0) is 15.5. The third-order valence-corrected chi connectivity index (χ3v) is 3.63. The van der Waals surface area contributed by atoms with Gasteiger partial charge in [0.2, 0.25) is 5.89 Å². The molecule has 4 nitrogen and oxygen atoms in total. The molecule has 0 aliphatic rings. The van der Waals surface area contributed by atoms with Crippen molar-refractivity contribution in [2.24, 2.45) is 4.99 Å². The van der Waals surface area contributed by atoms with Gasteiger partial charge in [0.25, 0.3) is 0 Å². The second-order valence-corrected chi connectivity index (χ2v) is 5.12. The van der Waals surface area contributed by atoms with Crippen LogP contribution in [0.1, 0.15) is 11.3 Å². The van der Waals surface area contributed by atoms with Crippen LogP contribution < -0.4 is 0 Å². The molecule has 0 radical (unpaired) electrons. The molecule has 22 heavy (non-hydrogen) atoms. The van der Waals surface area contributed by atoms with Crippen LogP contribution in [0.4, 0.5) is 5.69 Å². The van der Waals surface area contributed by atoms with Crippen LogP contribution in [-0.2, 0) is 0 Å². The maximum Gasteiger partial charge on any atom is 0.312 e. The highest BCUT2D eigenvalue weighted by atomic mass is 35.5. The van der Waals surface area contributed by atoms with Crippen LogP contribution >= 0.6 is 11.6 Å². The highest BCUT2D eigenvalue weighted by Crippen LogP contribution is 2.28. The molecular weight excluding hydrogens is 300 g/mol. The summed E-state index contributed by atoms with van der Waals surface area (Å²) in [6, 6.07) is 14.8. The number of aliphatic imine (C=N–C) groups is 1. The van der Waals surface area contributed by atoms with Gasteiger partial charge >= 0.3 is 5.95 Å². The quantitative estimate of drug-likeness (QED) is 0.709. The van der Waals surface area contributed by atoms with Gasteiger partial charge in [-0.15, -0.1) is 0 Å². The Morgan fingerprint density at radius 3 is 2.68 bits per heavy atom. The summed E-state index contributed by atoms with van der Waals surface area (Å²) in [6.07, 6.45) is 1.46. The van der Waals surface area contributed by atoms with Gasteiger partial charge < -0.3 is 9.52 Å². The summed E-state index contributed by atoms with van der Waals surface area (Å²) in [6.45, 7) is 1.88. The van der Waals surface area contributed by atoms with Crippen LogP contribution in [0, 0.1) is 6.92 Å². The molecule has 0 saturated carbocycles. The van der Waals surface area contributed by atoms with Gasteiger partial charge in [0.05, 0.1) is 11.9 Å². The Bertz CT molecular complexity index is 826. The van der Waals surface area contributed by atoms with Crippen molar-refractivity contribution >= 4 is 23.5 Å². The van der Waals surface area contributed by atoms with E-state index < -0.39 is 0 Å². The van der Waals surface area contributed by atoms with E-state index in [1.165, 1.54) is 6.21 Å². The zero-order valence-electron chi connectivity index (χ0n) is 11.8. The molecule has 0 saturated heterocycles. The van der Waals surface area contributed by atoms with Gasteiger partial charge in [-0.25, -0.2) is 4.98 Å². The minimum Gasteiger partial charge on any atom is -0.479 e. The van der Waals surface area contributed by atoms with Crippen molar-refractivity contribution in [2.75, 3.05) is 0 Å². The van der Waals surface area contributed by atoms with E-state index in [2.05, 4.69) is 9.98 Å². The summed E-state index contributed by atoms with van der Waals surface area (Å²) in [4.78, 5) is 8.56. The van der Waals surface area contributed by atoms with Gasteiger partial charge in [-0.1, -0.05) is 35.9 Å². The van der Waals surface area contributed by atoms with Crippen LogP contribution in [0.5, 0.6) is 5.95 Å². The first kappa shape index (κ1) is 14.4. The monoisotopic (exact) mass is 312 g/mol. The number of hydrogen-bond donors (Lipinski definition) is 1. The molecule has 0 fully saturated rings. The van der Waals surface area contributed by atoms with Crippen LogP contribution in [0.15, 0.2) is 57.9 Å². The smallest absolute Gasteiger partial charge is 0.312 e. The molecule has 0 aliphatic heterocycles. The van der Waals surface area contributed by atoms with Crippen LogP contribution in [-0.4, -0.2) is 16.3 Å². The predicted octanol–water partition coefficient (Wildman–Crippen LogP) is 4.76. The summed E-state index contributed by atoms with van der Waals surface area (Å²) in [5.74, 6) is 0.0876. The molecule has 0 atom stereocenters. The summed E-state index contributed by atoms with van der Waals surface area (Å²) in [5.41, 5.74) is 2.65. The average molecular weight is 313 g/mol. The van der Waals surface area contributed by atoms with Gasteiger partial charge in [-0.05, 0) is 36.8 Å². The molecule has 0 amide bonds. The lowest BCUT2D eigenvalue weighted by Gasteiger charge is -2.00. The summed E-state index contributed by atoms with van der Waals surface area (Å²) in [7, 11) is 0. The Hall–Kier alpha value is -2.59. The fraction of sp³-hybridized carbons (Fsp3) is 0.0588. The highest BCUT2D eigenvalue weighted by molar-refractivity contribution is 6.31. The second kappa shape index (κ2) is 6.03. The molecule has 110 valence electrons. The summed E-state index contributed by atoms with van der Waals surface area (Å²) < 4.78 is 5.27. The van der Waals surface area contributed by atoms with Crippen LogP contribution in [0.25, 0.3) is 11.5 Å². The number of aromatic hydroxyl groups is 1. The molecule has 1 aromatic heterocycles. The molecule has 2 aromatic carbocycles. The molecule has 0 aliphatic carbocycles. The maximum absolute atomic E-state index is 9.85. The van der Waals surface area contributed by atoms with E-state index in [0.717, 1.165) is 16.8 Å². The topological polar surface area (TPSA) is 58.6 Å². The Kier molecular flexibility index (Phi) is 3.94. The first-order chi connectivity index (χ1) is 10.6. The molecule has 0 unspecified atom stereocenters. The fourth-order valence-electron chi connectivity index (χ4n) is 1.98. The predicted molar refractivity (Wildman–Crippen MR) is 87.0 cm³/mol. The van der Waals surface area contributed by atoms with E-state index in [0.29, 0.717) is 10.9 Å². The summed E-state index contributed by atoms with van der Waals surface area (Å²) in [5, 5.41) is 10.5. The van der Waals surface area contributed by atoms with Crippen molar-refractivity contribution < 1.29 is 9.52 Å². The van der Waals surface area contributed by atoms with Crippen LogP contribution in [0.3, 0.4) is 0 Å². The van der Waals surface area contributed by atoms with Crippen molar-refractivity contribution in [1.29, 1.82) is 0 Å². The normalized spacial score (nSPS) is 11.2. The van der Waals surface area contributed by atoms with Crippen molar-refractivity contribution in [3.05, 3.63) is 64.8 Å². The molecule has 1 N–H and O–H groups in total. The Balaban J connectivity index is 1.92. The van der Waals surface area contributed by atoms with E-state index in [-0.39, 0.29) is 11.6 Å². The summed E-state index contributed by atoms with van der Waals surface area (Å²) >= 11 is 6.05. The number of oxazole rings is 1. The molecular formula is C17H13ClN2O2. The van der Waals surface area contributed by atoms with Crippen molar-refractivity contribution in [1.82, 2.24) is 4.98 Å². The molecule has 3 rings (SSSR count). The molecule has 1 heterocycles. The molecule has 0 bridgehead atoms. The first-order valence-corrected chi connectivity index (χ1v) is 7.07. The maximum atomic E-state index is 9.85. The number of hydrogen-bond acceptors (Lipinski definition) is 4. The van der Waals surface area contributed by atoms with Gasteiger partial charge in [0.15, 0.2) is 5.69 Å². The number of halogens is 1. The number of nitrogens with zero attached hydrogens (tertiary/aromatic N) is 2. The fourth-order valence-corrected chi connectivity index (χ4v) is 2.15. The number of aromatic nitrogens is 1. The Labute approximate surface area is 132 Å². The van der Waals surface area contributed by atoms with Gasteiger partial charge in [0, 0.05) is 10.6 Å². The lowest BCUT2D eigenvalue weighted by Crippen LogP contribution is -1.84. The average Bonchev–Trinajstić information content (AvgIpc) is 2.91. The van der Waals surface area contributed by atoms with Gasteiger partial charge in [-0.3, -0.25) is 4.99 Å². The largest absolute Gasteiger partial charge is 0.479 e. The molecule has 3 aromatic rings. The van der Waals surface area contributed by atoms with Crippen molar-refractivity contribution in [3.63, 3.8) is 0 Å². The van der Waals surface area contributed by atoms with E-state index >= 15 is 0 Å². The van der Waals surface area contributed by atoms with E-state index in [4.69, 9.17) is 16.0 Å². The third kappa shape index (κ3) is 2.87. The first-order valence-electron chi connectivity index (χ1n) is 6.69. The van der Waals surface area contributed by atoms with Crippen molar-refractivity contribution in [3.8, 4) is 17.4 Å². The highest BCUT2D eigenvalue weighted by Gasteiger charge is 2.12. The minimum atomic E-state index is -0.262. The van der Waals surface area contributed by atoms with E-state index in [1.54, 1.807) is 6.07 Å². The zero-order valence-corrected chi connectivity index (χ0v) is 12.6. The number of benzene rings is 2. The van der Waals surface area contributed by atoms with Crippen molar-refractivity contribution in [2.45, 2.75) is 6.92 Å². The molecule has 0 spiro atoms. The van der Waals surface area contributed by atoms with Crippen LogP contribution in [0.2, 0.25) is 5.02 Å². The SMILES string of the molecule is Cc1c(Cl)cccc1N=Cc1nc(-c2ccccc2)oc1O. The lowest BCUT2D eigenvalue weighted by molar-refractivity contribution is 0.337. The van der Waals surface area contributed by atoms with Gasteiger partial charge in [-0.2, -0.15) is 0 Å². The third-order valence-electron chi connectivity index (χ3n) is 3.22. The van der Waals surface area contributed by atoms with Gasteiger partial charge in [0.1, 0.15) is 0 Å². The Morgan fingerprint density at radius 1 is 1.14 bits per heavy atom. The van der Waals surface area contributed by atoms with E-state index in [9.17, 15) is 5.11 Å². The Morgan fingerprint density at radius 2 is 1.91 bits per heavy atom. The molecule has 5 heteroatoms. The van der Waals surface area contributed by atoms with E-state index in [1.807, 2.05) is 49.4 Å². The second-order valence-electron chi connectivity index (χ2n) is 4.72. The standard InChI is InChI=1S/C17H13ClN2O2/c1-11-13(18)8-5-9-14(11)19-10-15-17(21)22-16(20-15)12-6-3-2-4-7-12/h2-10,21H,1H3.